The third-order valence-corrected chi connectivity index (χ3v) is 2.87. The van der Waals surface area contributed by atoms with Crippen LogP contribution in [0, 0.1) is 6.92 Å². The van der Waals surface area contributed by atoms with Crippen molar-refractivity contribution in [3.8, 4) is 5.75 Å². The predicted molar refractivity (Wildman–Crippen MR) is 69.7 cm³/mol. The Morgan fingerprint density at radius 3 is 2.67 bits per heavy atom. The quantitative estimate of drug-likeness (QED) is 0.878. The van der Waals surface area contributed by atoms with Crippen molar-refractivity contribution in [2.75, 3.05) is 6.61 Å². The maximum atomic E-state index is 10.4. The molecule has 2 aromatic rings. The van der Waals surface area contributed by atoms with Crippen LogP contribution < -0.4 is 4.74 Å². The van der Waals surface area contributed by atoms with Crippen molar-refractivity contribution in [2.24, 2.45) is 0 Å². The second-order valence-corrected chi connectivity index (χ2v) is 4.22. The maximum Gasteiger partial charge on any atom is 0.125 e. The van der Waals surface area contributed by atoms with E-state index in [1.807, 2.05) is 31.2 Å². The molecule has 0 amide bonds. The molecule has 0 saturated carbocycles. The fourth-order valence-electron chi connectivity index (χ4n) is 1.90. The van der Waals surface area contributed by atoms with Crippen molar-refractivity contribution in [3.63, 3.8) is 0 Å². The number of furan rings is 1. The summed E-state index contributed by atoms with van der Waals surface area (Å²) >= 11 is 0. The molecule has 1 heterocycles. The van der Waals surface area contributed by atoms with Gasteiger partial charge in [0.1, 0.15) is 17.6 Å². The third-order valence-electron chi connectivity index (χ3n) is 2.87. The molecule has 0 aliphatic rings. The van der Waals surface area contributed by atoms with E-state index < -0.39 is 6.10 Å². The smallest absolute Gasteiger partial charge is 0.125 e. The molecule has 1 atom stereocenters. The van der Waals surface area contributed by atoms with Gasteiger partial charge in [0, 0.05) is 11.1 Å². The summed E-state index contributed by atoms with van der Waals surface area (Å²) in [5.41, 5.74) is 1.55. The molecule has 0 aliphatic heterocycles. The Bertz CT molecular complexity index is 502. The molecular formula is C15H18O3. The Labute approximate surface area is 107 Å². The topological polar surface area (TPSA) is 42.6 Å². The standard InChI is InChI=1S/C15H18O3/c1-3-9-18-14-7-5-4-6-13(14)15(16)12-8-10-17-11(12)2/h4-8,10,15-16H,3,9H2,1-2H3. The molecule has 1 aromatic carbocycles. The van der Waals surface area contributed by atoms with E-state index in [4.69, 9.17) is 9.15 Å². The lowest BCUT2D eigenvalue weighted by Gasteiger charge is -2.15. The number of ether oxygens (including phenoxy) is 1. The van der Waals surface area contributed by atoms with Crippen LogP contribution in [0.2, 0.25) is 0 Å². The fraction of sp³-hybridized carbons (Fsp3) is 0.333. The number of aliphatic hydroxyl groups excluding tert-OH is 1. The van der Waals surface area contributed by atoms with Crippen LogP contribution in [0.4, 0.5) is 0 Å². The monoisotopic (exact) mass is 246 g/mol. The van der Waals surface area contributed by atoms with E-state index in [9.17, 15) is 5.11 Å². The average molecular weight is 246 g/mol. The molecule has 2 rings (SSSR count). The van der Waals surface area contributed by atoms with Gasteiger partial charge in [-0.3, -0.25) is 0 Å². The third kappa shape index (κ3) is 2.57. The Balaban J connectivity index is 2.30. The summed E-state index contributed by atoms with van der Waals surface area (Å²) in [4.78, 5) is 0. The normalized spacial score (nSPS) is 12.4. The Kier molecular flexibility index (Phi) is 4.05. The van der Waals surface area contributed by atoms with Crippen molar-refractivity contribution >= 4 is 0 Å². The van der Waals surface area contributed by atoms with Crippen LogP contribution in [-0.4, -0.2) is 11.7 Å². The van der Waals surface area contributed by atoms with E-state index in [0.717, 1.165) is 29.1 Å². The molecule has 3 nitrogen and oxygen atoms in total. The van der Waals surface area contributed by atoms with Crippen LogP contribution in [0.5, 0.6) is 5.75 Å². The van der Waals surface area contributed by atoms with Gasteiger partial charge in [0.15, 0.2) is 0 Å². The zero-order valence-electron chi connectivity index (χ0n) is 10.7. The average Bonchev–Trinajstić information content (AvgIpc) is 2.82. The number of rotatable bonds is 5. The fourth-order valence-corrected chi connectivity index (χ4v) is 1.90. The van der Waals surface area contributed by atoms with Crippen LogP contribution in [0.1, 0.15) is 36.3 Å². The summed E-state index contributed by atoms with van der Waals surface area (Å²) in [5, 5.41) is 10.4. The minimum absolute atomic E-state index is 0.647. The van der Waals surface area contributed by atoms with Crippen molar-refractivity contribution in [1.82, 2.24) is 0 Å². The van der Waals surface area contributed by atoms with Gasteiger partial charge in [-0.1, -0.05) is 25.1 Å². The van der Waals surface area contributed by atoms with Gasteiger partial charge in [-0.2, -0.15) is 0 Å². The summed E-state index contributed by atoms with van der Waals surface area (Å²) in [6.07, 6.45) is 1.82. The van der Waals surface area contributed by atoms with Gasteiger partial charge in [0.2, 0.25) is 0 Å². The molecule has 0 aliphatic carbocycles. The molecule has 96 valence electrons. The first-order valence-corrected chi connectivity index (χ1v) is 6.17. The molecule has 0 bridgehead atoms. The molecule has 1 unspecified atom stereocenters. The van der Waals surface area contributed by atoms with E-state index in [0.29, 0.717) is 6.61 Å². The van der Waals surface area contributed by atoms with Gasteiger partial charge in [-0.15, -0.1) is 0 Å². The van der Waals surface area contributed by atoms with Gasteiger partial charge in [0.25, 0.3) is 0 Å². The van der Waals surface area contributed by atoms with Crippen molar-refractivity contribution in [1.29, 1.82) is 0 Å². The number of hydrogen-bond acceptors (Lipinski definition) is 3. The van der Waals surface area contributed by atoms with Crippen LogP contribution in [0.25, 0.3) is 0 Å². The van der Waals surface area contributed by atoms with Gasteiger partial charge < -0.3 is 14.3 Å². The number of benzene rings is 1. The van der Waals surface area contributed by atoms with E-state index in [2.05, 4.69) is 6.92 Å². The second kappa shape index (κ2) is 5.74. The first-order chi connectivity index (χ1) is 8.74. The summed E-state index contributed by atoms with van der Waals surface area (Å²) in [7, 11) is 0. The van der Waals surface area contributed by atoms with Crippen LogP contribution >= 0.6 is 0 Å². The van der Waals surface area contributed by atoms with Gasteiger partial charge >= 0.3 is 0 Å². The van der Waals surface area contributed by atoms with Gasteiger partial charge in [-0.05, 0) is 25.5 Å². The van der Waals surface area contributed by atoms with E-state index >= 15 is 0 Å². The molecule has 18 heavy (non-hydrogen) atoms. The molecule has 1 aromatic heterocycles. The highest BCUT2D eigenvalue weighted by Gasteiger charge is 2.18. The summed E-state index contributed by atoms with van der Waals surface area (Å²) in [6.45, 7) is 4.54. The number of hydrogen-bond donors (Lipinski definition) is 1. The molecule has 0 fully saturated rings. The Morgan fingerprint density at radius 1 is 1.22 bits per heavy atom. The highest BCUT2D eigenvalue weighted by molar-refractivity contribution is 5.40. The molecule has 3 heteroatoms. The second-order valence-electron chi connectivity index (χ2n) is 4.22. The predicted octanol–water partition coefficient (Wildman–Crippen LogP) is 3.46. The molecular weight excluding hydrogens is 228 g/mol. The largest absolute Gasteiger partial charge is 0.493 e. The van der Waals surface area contributed by atoms with Crippen LogP contribution in [-0.2, 0) is 0 Å². The van der Waals surface area contributed by atoms with Gasteiger partial charge in [0.05, 0.1) is 12.9 Å². The zero-order chi connectivity index (χ0) is 13.0. The molecule has 0 spiro atoms. The highest BCUT2D eigenvalue weighted by atomic mass is 16.5. The SMILES string of the molecule is CCCOc1ccccc1C(O)c1ccoc1C. The Morgan fingerprint density at radius 2 is 2.00 bits per heavy atom. The van der Waals surface area contributed by atoms with Crippen molar-refractivity contribution in [3.05, 3.63) is 53.5 Å². The summed E-state index contributed by atoms with van der Waals surface area (Å²) < 4.78 is 10.9. The summed E-state index contributed by atoms with van der Waals surface area (Å²) in [5.74, 6) is 1.46. The lowest BCUT2D eigenvalue weighted by molar-refractivity contribution is 0.208. The van der Waals surface area contributed by atoms with Crippen molar-refractivity contribution < 1.29 is 14.3 Å². The lowest BCUT2D eigenvalue weighted by Crippen LogP contribution is -2.05. The highest BCUT2D eigenvalue weighted by Crippen LogP contribution is 2.31. The number of para-hydroxylation sites is 1. The van der Waals surface area contributed by atoms with E-state index in [1.54, 1.807) is 12.3 Å². The minimum atomic E-state index is -0.711. The minimum Gasteiger partial charge on any atom is -0.493 e. The van der Waals surface area contributed by atoms with Crippen molar-refractivity contribution in [2.45, 2.75) is 26.4 Å². The summed E-state index contributed by atoms with van der Waals surface area (Å²) in [6, 6.07) is 9.35. The Hall–Kier alpha value is -1.74. The number of aliphatic hydroxyl groups is 1. The van der Waals surface area contributed by atoms with E-state index in [1.165, 1.54) is 0 Å². The van der Waals surface area contributed by atoms with Gasteiger partial charge in [-0.25, -0.2) is 0 Å². The zero-order valence-corrected chi connectivity index (χ0v) is 10.7. The lowest BCUT2D eigenvalue weighted by atomic mass is 10.0. The first kappa shape index (κ1) is 12.7. The molecule has 0 radical (unpaired) electrons. The van der Waals surface area contributed by atoms with Crippen LogP contribution in [0.3, 0.4) is 0 Å². The maximum absolute atomic E-state index is 10.4. The first-order valence-electron chi connectivity index (χ1n) is 6.17. The van der Waals surface area contributed by atoms with Crippen LogP contribution in [0.15, 0.2) is 41.0 Å². The molecule has 0 saturated heterocycles. The number of aryl methyl sites for hydroxylation is 1. The van der Waals surface area contributed by atoms with E-state index in [-0.39, 0.29) is 0 Å². The molecule has 1 N–H and O–H groups in total.